The van der Waals surface area contributed by atoms with Crippen LogP contribution in [-0.4, -0.2) is 91.6 Å². The molecule has 7 atom stereocenters. The summed E-state index contributed by atoms with van der Waals surface area (Å²) in [5.74, 6) is -1.49. The van der Waals surface area contributed by atoms with Gasteiger partial charge in [0.15, 0.2) is 0 Å². The maximum absolute atomic E-state index is 13.0. The minimum Gasteiger partial charge on any atom is -0.508 e. The summed E-state index contributed by atoms with van der Waals surface area (Å²) in [7, 11) is 0. The van der Waals surface area contributed by atoms with Crippen molar-refractivity contribution in [1.29, 1.82) is 0 Å². The number of aliphatic hydroxyl groups is 5. The van der Waals surface area contributed by atoms with Crippen molar-refractivity contribution in [3.63, 3.8) is 0 Å². The summed E-state index contributed by atoms with van der Waals surface area (Å²) >= 11 is 0. The molecule has 1 saturated heterocycles. The lowest BCUT2D eigenvalue weighted by atomic mass is 9.89. The van der Waals surface area contributed by atoms with Crippen LogP contribution < -0.4 is 4.74 Å². The molecule has 1 aliphatic heterocycles. The van der Waals surface area contributed by atoms with Crippen LogP contribution in [-0.2, 0) is 36.8 Å². The Bertz CT molecular complexity index is 1070. The van der Waals surface area contributed by atoms with Crippen LogP contribution in [0.4, 0.5) is 0 Å². The van der Waals surface area contributed by atoms with Crippen molar-refractivity contribution >= 4 is 11.9 Å². The van der Waals surface area contributed by atoms with E-state index in [0.717, 1.165) is 6.92 Å². The second-order valence-electron chi connectivity index (χ2n) is 9.05. The van der Waals surface area contributed by atoms with E-state index >= 15 is 0 Å². The first-order valence-electron chi connectivity index (χ1n) is 11.9. The van der Waals surface area contributed by atoms with E-state index in [2.05, 4.69) is 0 Å². The summed E-state index contributed by atoms with van der Waals surface area (Å²) in [5, 5.41) is 59.9. The van der Waals surface area contributed by atoms with Crippen molar-refractivity contribution in [2.24, 2.45) is 0 Å². The van der Waals surface area contributed by atoms with Gasteiger partial charge in [-0.3, -0.25) is 4.79 Å². The monoisotopic (exact) mass is 536 g/mol. The molecule has 38 heavy (non-hydrogen) atoms. The van der Waals surface area contributed by atoms with Gasteiger partial charge in [0.2, 0.25) is 11.9 Å². The van der Waals surface area contributed by atoms with Crippen molar-refractivity contribution < 1.29 is 59.2 Å². The van der Waals surface area contributed by atoms with Gasteiger partial charge in [-0.15, -0.1) is 0 Å². The third kappa shape index (κ3) is 6.98. The number of hydrogen-bond donors (Lipinski definition) is 6. The smallest absolute Gasteiger partial charge is 0.342 e. The quantitative estimate of drug-likeness (QED) is 0.214. The molecule has 1 fully saturated rings. The van der Waals surface area contributed by atoms with E-state index in [1.807, 2.05) is 0 Å². The first-order chi connectivity index (χ1) is 17.9. The maximum atomic E-state index is 13.0. The summed E-state index contributed by atoms with van der Waals surface area (Å²) in [6.45, 7) is 1.68. The number of carbonyl (C=O) groups excluding carboxylic acids is 2. The predicted molar refractivity (Wildman–Crippen MR) is 129 cm³/mol. The largest absolute Gasteiger partial charge is 0.508 e. The average Bonchev–Trinajstić information content (AvgIpc) is 2.89. The van der Waals surface area contributed by atoms with Gasteiger partial charge in [0, 0.05) is 13.3 Å². The number of aliphatic hydroxyl groups excluding tert-OH is 4. The molecule has 0 radical (unpaired) electrons. The van der Waals surface area contributed by atoms with Crippen LogP contribution in [0.15, 0.2) is 48.5 Å². The Hall–Kier alpha value is -3.26. The third-order valence-corrected chi connectivity index (χ3v) is 6.17. The van der Waals surface area contributed by atoms with Crippen LogP contribution in [0.2, 0.25) is 0 Å². The highest BCUT2D eigenvalue weighted by Crippen LogP contribution is 2.26. The van der Waals surface area contributed by atoms with Gasteiger partial charge >= 0.3 is 11.9 Å². The highest BCUT2D eigenvalue weighted by molar-refractivity contribution is 5.81. The van der Waals surface area contributed by atoms with Gasteiger partial charge in [0.1, 0.15) is 48.6 Å². The van der Waals surface area contributed by atoms with Crippen molar-refractivity contribution in [1.82, 2.24) is 0 Å². The standard InChI is InChI=1S/C26H32O12/c1-14(36-15(2)28)26(34,11-16-3-7-18(29)8-4-16)25(33)35-13-17-5-9-19(10-6-17)37-24-23(32)22(31)21(30)20(12-27)38-24/h3-10,14,20-24,27,29-32,34H,11-13H2,1-2H3/t14-,20-,21-,22+,23-,24-,26+/m0/s1. The highest BCUT2D eigenvalue weighted by Gasteiger charge is 2.46. The molecule has 2 aromatic carbocycles. The fourth-order valence-electron chi connectivity index (χ4n) is 3.89. The first-order valence-corrected chi connectivity index (χ1v) is 11.9. The SMILES string of the molecule is CC(=O)O[C@@H](C)[C@](O)(Cc1ccc(O)cc1)C(=O)OCc1ccc(O[C@H]2O[C@@H](CO)[C@H](O)[C@@H](O)[C@@H]2O)cc1. The van der Waals surface area contributed by atoms with E-state index in [9.17, 15) is 40.2 Å². The molecule has 2 aromatic rings. The number of carbonyl (C=O) groups is 2. The molecule has 0 amide bonds. The average molecular weight is 537 g/mol. The predicted octanol–water partition coefficient (Wildman–Crippen LogP) is -0.460. The molecule has 12 heteroatoms. The van der Waals surface area contributed by atoms with E-state index in [4.69, 9.17) is 18.9 Å². The second kappa shape index (κ2) is 12.5. The first kappa shape index (κ1) is 29.3. The lowest BCUT2D eigenvalue weighted by molar-refractivity contribution is -0.277. The molecule has 0 unspecified atom stereocenters. The summed E-state index contributed by atoms with van der Waals surface area (Å²) in [6, 6.07) is 11.9. The zero-order valence-corrected chi connectivity index (χ0v) is 20.8. The van der Waals surface area contributed by atoms with Crippen LogP contribution >= 0.6 is 0 Å². The number of benzene rings is 2. The number of phenols is 1. The number of esters is 2. The Morgan fingerprint density at radius 3 is 2.16 bits per heavy atom. The molecule has 0 aliphatic carbocycles. The van der Waals surface area contributed by atoms with Crippen LogP contribution in [0.25, 0.3) is 0 Å². The van der Waals surface area contributed by atoms with Gasteiger partial charge in [-0.05, 0) is 42.3 Å². The fourth-order valence-corrected chi connectivity index (χ4v) is 3.89. The van der Waals surface area contributed by atoms with E-state index in [0.29, 0.717) is 11.1 Å². The zero-order chi connectivity index (χ0) is 28.0. The molecular weight excluding hydrogens is 504 g/mol. The van der Waals surface area contributed by atoms with Crippen molar-refractivity contribution in [3.8, 4) is 11.5 Å². The number of hydrogen-bond acceptors (Lipinski definition) is 12. The molecule has 1 aliphatic rings. The lowest BCUT2D eigenvalue weighted by Gasteiger charge is -2.39. The third-order valence-electron chi connectivity index (χ3n) is 6.17. The number of phenolic OH excluding ortho intramolecular Hbond substituents is 1. The van der Waals surface area contributed by atoms with Gasteiger partial charge in [0.05, 0.1) is 6.61 Å². The molecule has 12 nitrogen and oxygen atoms in total. The van der Waals surface area contributed by atoms with Gasteiger partial charge < -0.3 is 49.6 Å². The Morgan fingerprint density at radius 1 is 0.974 bits per heavy atom. The van der Waals surface area contributed by atoms with E-state index in [1.165, 1.54) is 43.3 Å². The van der Waals surface area contributed by atoms with Gasteiger partial charge in [-0.25, -0.2) is 4.79 Å². The van der Waals surface area contributed by atoms with Crippen LogP contribution in [0, 0.1) is 0 Å². The lowest BCUT2D eigenvalue weighted by Crippen LogP contribution is -2.60. The second-order valence-corrected chi connectivity index (χ2v) is 9.05. The van der Waals surface area contributed by atoms with Gasteiger partial charge in [0.25, 0.3) is 0 Å². The van der Waals surface area contributed by atoms with Crippen LogP contribution in [0.3, 0.4) is 0 Å². The molecule has 0 saturated carbocycles. The Balaban J connectivity index is 1.65. The molecule has 3 rings (SSSR count). The van der Waals surface area contributed by atoms with Gasteiger partial charge in [-0.1, -0.05) is 24.3 Å². The molecule has 0 bridgehead atoms. The minimum atomic E-state index is -2.21. The van der Waals surface area contributed by atoms with E-state index in [1.54, 1.807) is 12.1 Å². The maximum Gasteiger partial charge on any atom is 0.342 e. The topological polar surface area (TPSA) is 192 Å². The van der Waals surface area contributed by atoms with Crippen LogP contribution in [0.1, 0.15) is 25.0 Å². The van der Waals surface area contributed by atoms with Crippen molar-refractivity contribution in [2.75, 3.05) is 6.61 Å². The van der Waals surface area contributed by atoms with Crippen molar-refractivity contribution in [2.45, 2.75) is 69.3 Å². The number of aromatic hydroxyl groups is 1. The molecule has 0 spiro atoms. The highest BCUT2D eigenvalue weighted by atomic mass is 16.7. The summed E-state index contributed by atoms with van der Waals surface area (Å²) in [4.78, 5) is 24.4. The number of rotatable bonds is 10. The molecule has 1 heterocycles. The van der Waals surface area contributed by atoms with E-state index in [-0.39, 0.29) is 24.5 Å². The Morgan fingerprint density at radius 2 is 1.58 bits per heavy atom. The van der Waals surface area contributed by atoms with Crippen LogP contribution in [0.5, 0.6) is 11.5 Å². The Kier molecular flexibility index (Phi) is 9.66. The van der Waals surface area contributed by atoms with Gasteiger partial charge in [-0.2, -0.15) is 0 Å². The molecule has 0 aromatic heterocycles. The fraction of sp³-hybridized carbons (Fsp3) is 0.462. The van der Waals surface area contributed by atoms with E-state index < -0.39 is 61.0 Å². The summed E-state index contributed by atoms with van der Waals surface area (Å²) < 4.78 is 21.2. The normalized spacial score (nSPS) is 25.6. The Labute approximate surface area is 218 Å². The zero-order valence-electron chi connectivity index (χ0n) is 20.8. The van der Waals surface area contributed by atoms with Crippen molar-refractivity contribution in [3.05, 3.63) is 59.7 Å². The summed E-state index contributed by atoms with van der Waals surface area (Å²) in [6.07, 6.45) is -8.62. The molecule has 6 N–H and O–H groups in total. The minimum absolute atomic E-state index is 0.00636. The molecule has 208 valence electrons. The number of ether oxygens (including phenoxy) is 4. The summed E-state index contributed by atoms with van der Waals surface area (Å²) in [5.41, 5.74) is -1.21. The molecular formula is C26H32O12.